The van der Waals surface area contributed by atoms with Crippen LogP contribution < -0.4 is 11.1 Å². The van der Waals surface area contributed by atoms with Crippen LogP contribution in [0.4, 0.5) is 11.4 Å². The normalized spacial score (nSPS) is 10.2. The molecule has 3 N–H and O–H groups in total. The number of anilines is 2. The van der Waals surface area contributed by atoms with E-state index in [1.807, 2.05) is 37.3 Å². The molecule has 0 aliphatic heterocycles. The van der Waals surface area contributed by atoms with Crippen molar-refractivity contribution in [2.75, 3.05) is 11.1 Å². The summed E-state index contributed by atoms with van der Waals surface area (Å²) in [6.45, 7) is 2.69. The lowest BCUT2D eigenvalue weighted by molar-refractivity contribution is 0.518. The molecule has 0 atom stereocenters. The summed E-state index contributed by atoms with van der Waals surface area (Å²) in [4.78, 5) is 0. The van der Waals surface area contributed by atoms with Gasteiger partial charge in [0.15, 0.2) is 0 Å². The zero-order valence-corrected chi connectivity index (χ0v) is 8.66. The van der Waals surface area contributed by atoms with Crippen LogP contribution in [0, 0.1) is 6.92 Å². The SMILES string of the molecule is Cc1ccc(N)c(NCc2ccco2)c1. The summed E-state index contributed by atoms with van der Waals surface area (Å²) in [7, 11) is 0. The highest BCUT2D eigenvalue weighted by atomic mass is 16.3. The number of furan rings is 1. The van der Waals surface area contributed by atoms with Gasteiger partial charge in [-0.1, -0.05) is 6.07 Å². The van der Waals surface area contributed by atoms with Crippen LogP contribution in [0.5, 0.6) is 0 Å². The first-order valence-electron chi connectivity index (χ1n) is 4.88. The van der Waals surface area contributed by atoms with Crippen LogP contribution in [0.25, 0.3) is 0 Å². The highest BCUT2D eigenvalue weighted by Gasteiger charge is 2.00. The van der Waals surface area contributed by atoms with Gasteiger partial charge in [-0.15, -0.1) is 0 Å². The Labute approximate surface area is 88.9 Å². The van der Waals surface area contributed by atoms with Crippen molar-refractivity contribution < 1.29 is 4.42 Å². The van der Waals surface area contributed by atoms with Gasteiger partial charge in [0.05, 0.1) is 24.2 Å². The number of benzene rings is 1. The van der Waals surface area contributed by atoms with E-state index in [1.54, 1.807) is 6.26 Å². The molecule has 0 spiro atoms. The van der Waals surface area contributed by atoms with Crippen LogP contribution in [0.15, 0.2) is 41.0 Å². The maximum Gasteiger partial charge on any atom is 0.122 e. The van der Waals surface area contributed by atoms with E-state index < -0.39 is 0 Å². The molecular weight excluding hydrogens is 188 g/mol. The van der Waals surface area contributed by atoms with Gasteiger partial charge in [-0.3, -0.25) is 0 Å². The Morgan fingerprint density at radius 2 is 2.20 bits per heavy atom. The van der Waals surface area contributed by atoms with Gasteiger partial charge >= 0.3 is 0 Å². The lowest BCUT2D eigenvalue weighted by atomic mass is 10.2. The Morgan fingerprint density at radius 1 is 1.33 bits per heavy atom. The Morgan fingerprint density at radius 3 is 2.93 bits per heavy atom. The number of aryl methyl sites for hydroxylation is 1. The predicted molar refractivity (Wildman–Crippen MR) is 61.6 cm³/mol. The molecule has 2 rings (SSSR count). The second kappa shape index (κ2) is 4.09. The number of hydrogen-bond acceptors (Lipinski definition) is 3. The molecule has 78 valence electrons. The van der Waals surface area contributed by atoms with Gasteiger partial charge in [0.2, 0.25) is 0 Å². The second-order valence-corrected chi connectivity index (χ2v) is 3.52. The maximum absolute atomic E-state index is 5.84. The molecule has 1 heterocycles. The van der Waals surface area contributed by atoms with Gasteiger partial charge in [0, 0.05) is 0 Å². The highest BCUT2D eigenvalue weighted by molar-refractivity contribution is 5.66. The molecule has 0 fully saturated rings. The number of rotatable bonds is 3. The average molecular weight is 202 g/mol. The van der Waals surface area contributed by atoms with Crippen LogP contribution >= 0.6 is 0 Å². The van der Waals surface area contributed by atoms with E-state index in [0.29, 0.717) is 6.54 Å². The largest absolute Gasteiger partial charge is 0.467 e. The molecule has 3 nitrogen and oxygen atoms in total. The Balaban J connectivity index is 2.07. The van der Waals surface area contributed by atoms with Crippen molar-refractivity contribution >= 4 is 11.4 Å². The zero-order chi connectivity index (χ0) is 10.7. The van der Waals surface area contributed by atoms with E-state index in [1.165, 1.54) is 5.56 Å². The molecule has 0 unspecified atom stereocenters. The third-order valence-corrected chi connectivity index (χ3v) is 2.24. The Bertz CT molecular complexity index is 435. The molecule has 3 heteroatoms. The molecule has 0 saturated heterocycles. The standard InChI is InChI=1S/C12H14N2O/c1-9-4-5-11(13)12(7-9)14-8-10-3-2-6-15-10/h2-7,14H,8,13H2,1H3. The molecule has 0 saturated carbocycles. The first-order valence-corrected chi connectivity index (χ1v) is 4.88. The van der Waals surface area contributed by atoms with E-state index in [4.69, 9.17) is 10.2 Å². The minimum atomic E-state index is 0.653. The maximum atomic E-state index is 5.84. The van der Waals surface area contributed by atoms with E-state index in [0.717, 1.165) is 17.1 Å². The van der Waals surface area contributed by atoms with Crippen molar-refractivity contribution in [2.24, 2.45) is 0 Å². The minimum absolute atomic E-state index is 0.653. The number of nitrogen functional groups attached to an aromatic ring is 1. The van der Waals surface area contributed by atoms with Gasteiger partial charge in [-0.25, -0.2) is 0 Å². The van der Waals surface area contributed by atoms with E-state index in [2.05, 4.69) is 5.32 Å². The van der Waals surface area contributed by atoms with E-state index in [9.17, 15) is 0 Å². The zero-order valence-electron chi connectivity index (χ0n) is 8.66. The van der Waals surface area contributed by atoms with Crippen LogP contribution in [-0.4, -0.2) is 0 Å². The third kappa shape index (κ3) is 2.31. The van der Waals surface area contributed by atoms with Crippen molar-refractivity contribution in [3.05, 3.63) is 47.9 Å². The van der Waals surface area contributed by atoms with Crippen LogP contribution in [0.2, 0.25) is 0 Å². The fraction of sp³-hybridized carbons (Fsp3) is 0.167. The first kappa shape index (κ1) is 9.65. The molecule has 0 aliphatic carbocycles. The van der Waals surface area contributed by atoms with E-state index in [-0.39, 0.29) is 0 Å². The average Bonchev–Trinajstić information content (AvgIpc) is 2.72. The fourth-order valence-corrected chi connectivity index (χ4v) is 1.42. The molecule has 0 bridgehead atoms. The fourth-order valence-electron chi connectivity index (χ4n) is 1.42. The molecule has 1 aromatic carbocycles. The van der Waals surface area contributed by atoms with Crippen molar-refractivity contribution in [2.45, 2.75) is 13.5 Å². The summed E-state index contributed by atoms with van der Waals surface area (Å²) < 4.78 is 5.22. The summed E-state index contributed by atoms with van der Waals surface area (Å²) in [6.07, 6.45) is 1.66. The first-order chi connectivity index (χ1) is 7.25. The summed E-state index contributed by atoms with van der Waals surface area (Å²) in [5.41, 5.74) is 8.73. The third-order valence-electron chi connectivity index (χ3n) is 2.24. The van der Waals surface area contributed by atoms with Crippen LogP contribution in [0.1, 0.15) is 11.3 Å². The Hall–Kier alpha value is -1.90. The topological polar surface area (TPSA) is 51.2 Å². The molecule has 0 amide bonds. The highest BCUT2D eigenvalue weighted by Crippen LogP contribution is 2.20. The van der Waals surface area contributed by atoms with Gasteiger partial charge in [-0.05, 0) is 36.8 Å². The summed E-state index contributed by atoms with van der Waals surface area (Å²) in [6, 6.07) is 9.72. The van der Waals surface area contributed by atoms with Crippen molar-refractivity contribution in [1.82, 2.24) is 0 Å². The minimum Gasteiger partial charge on any atom is -0.467 e. The molecule has 15 heavy (non-hydrogen) atoms. The van der Waals surface area contributed by atoms with Gasteiger partial charge in [-0.2, -0.15) is 0 Å². The lowest BCUT2D eigenvalue weighted by Gasteiger charge is -2.08. The number of hydrogen-bond donors (Lipinski definition) is 2. The number of nitrogens with one attached hydrogen (secondary N) is 1. The van der Waals surface area contributed by atoms with Crippen LogP contribution in [-0.2, 0) is 6.54 Å². The predicted octanol–water partition coefficient (Wildman–Crippen LogP) is 2.78. The molecule has 0 aliphatic rings. The summed E-state index contributed by atoms with van der Waals surface area (Å²) >= 11 is 0. The van der Waals surface area contributed by atoms with Gasteiger partial charge < -0.3 is 15.5 Å². The van der Waals surface area contributed by atoms with Crippen molar-refractivity contribution in [3.63, 3.8) is 0 Å². The van der Waals surface area contributed by atoms with Crippen LogP contribution in [0.3, 0.4) is 0 Å². The molecular formula is C12H14N2O. The van der Waals surface area contributed by atoms with Gasteiger partial charge in [0.25, 0.3) is 0 Å². The monoisotopic (exact) mass is 202 g/mol. The van der Waals surface area contributed by atoms with Crippen molar-refractivity contribution in [1.29, 1.82) is 0 Å². The number of nitrogens with two attached hydrogens (primary N) is 1. The van der Waals surface area contributed by atoms with Gasteiger partial charge in [0.1, 0.15) is 5.76 Å². The lowest BCUT2D eigenvalue weighted by Crippen LogP contribution is -2.01. The second-order valence-electron chi connectivity index (χ2n) is 3.52. The smallest absolute Gasteiger partial charge is 0.122 e. The summed E-state index contributed by atoms with van der Waals surface area (Å²) in [5, 5.41) is 3.24. The summed E-state index contributed by atoms with van der Waals surface area (Å²) in [5.74, 6) is 0.899. The molecule has 0 radical (unpaired) electrons. The van der Waals surface area contributed by atoms with Crippen molar-refractivity contribution in [3.8, 4) is 0 Å². The molecule has 2 aromatic rings. The Kier molecular flexibility index (Phi) is 2.63. The quantitative estimate of drug-likeness (QED) is 0.752. The molecule has 1 aromatic heterocycles. The van der Waals surface area contributed by atoms with E-state index >= 15 is 0 Å².